The van der Waals surface area contributed by atoms with Crippen LogP contribution in [0.25, 0.3) is 10.8 Å². The highest BCUT2D eigenvalue weighted by atomic mass is 16.1. The molecule has 2 fully saturated rings. The van der Waals surface area contributed by atoms with Crippen LogP contribution in [0.15, 0.2) is 41.5 Å². The summed E-state index contributed by atoms with van der Waals surface area (Å²) >= 11 is 0. The van der Waals surface area contributed by atoms with Crippen molar-refractivity contribution in [1.29, 1.82) is 0 Å². The third-order valence-corrected chi connectivity index (χ3v) is 6.12. The summed E-state index contributed by atoms with van der Waals surface area (Å²) in [5.74, 6) is 2.00. The van der Waals surface area contributed by atoms with Crippen LogP contribution >= 0.6 is 0 Å². The molecule has 6 nitrogen and oxygen atoms in total. The molecule has 0 atom stereocenters. The third-order valence-electron chi connectivity index (χ3n) is 6.12. The van der Waals surface area contributed by atoms with Crippen molar-refractivity contribution < 1.29 is 0 Å². The average molecular weight is 375 g/mol. The van der Waals surface area contributed by atoms with Crippen LogP contribution in [0, 0.1) is 12.8 Å². The lowest BCUT2D eigenvalue weighted by Crippen LogP contribution is -2.37. The summed E-state index contributed by atoms with van der Waals surface area (Å²) in [6.07, 6.45) is 6.18. The van der Waals surface area contributed by atoms with Gasteiger partial charge < -0.3 is 4.90 Å². The number of hydrogen-bond donors (Lipinski definition) is 0. The fraction of sp³-hybridized carbons (Fsp3) is 0.455. The van der Waals surface area contributed by atoms with Gasteiger partial charge in [0.15, 0.2) is 5.82 Å². The summed E-state index contributed by atoms with van der Waals surface area (Å²) in [4.78, 5) is 19.2. The van der Waals surface area contributed by atoms with E-state index in [-0.39, 0.29) is 5.56 Å². The number of fused-ring (bicyclic) bond motifs is 1. The summed E-state index contributed by atoms with van der Waals surface area (Å²) in [6.45, 7) is 4.64. The molecule has 1 saturated heterocycles. The van der Waals surface area contributed by atoms with Crippen LogP contribution in [0.3, 0.4) is 0 Å². The monoisotopic (exact) mass is 375 g/mol. The van der Waals surface area contributed by atoms with Gasteiger partial charge in [0.05, 0.1) is 17.7 Å². The SMILES string of the molecule is Cc1nnc(N2CCC(Cn3cnc(C4CC4)cc3=O)CC2)c2ccccc12. The minimum atomic E-state index is 0.0923. The second-order valence-corrected chi connectivity index (χ2v) is 8.16. The Morgan fingerprint density at radius 1 is 1.04 bits per heavy atom. The molecule has 1 aromatic carbocycles. The fourth-order valence-corrected chi connectivity index (χ4v) is 4.24. The van der Waals surface area contributed by atoms with E-state index in [4.69, 9.17) is 0 Å². The van der Waals surface area contributed by atoms with Gasteiger partial charge in [-0.3, -0.25) is 9.36 Å². The lowest BCUT2D eigenvalue weighted by Gasteiger charge is -2.33. The van der Waals surface area contributed by atoms with Crippen molar-refractivity contribution >= 4 is 16.6 Å². The molecule has 0 N–H and O–H groups in total. The van der Waals surface area contributed by atoms with Crippen molar-refractivity contribution in [2.24, 2.45) is 5.92 Å². The molecule has 5 rings (SSSR count). The van der Waals surface area contributed by atoms with Gasteiger partial charge in [0.2, 0.25) is 0 Å². The Kier molecular flexibility index (Phi) is 4.34. The van der Waals surface area contributed by atoms with E-state index in [0.717, 1.165) is 49.7 Å². The van der Waals surface area contributed by atoms with Crippen LogP contribution in [-0.4, -0.2) is 32.8 Å². The lowest BCUT2D eigenvalue weighted by atomic mass is 9.96. The molecule has 3 heterocycles. The fourth-order valence-electron chi connectivity index (χ4n) is 4.24. The zero-order valence-electron chi connectivity index (χ0n) is 16.2. The number of nitrogens with zero attached hydrogens (tertiary/aromatic N) is 5. The standard InChI is InChI=1S/C22H25N5O/c1-15-18-4-2-3-5-19(18)22(25-24-15)26-10-8-16(9-11-26)13-27-14-23-20(12-21(27)28)17-6-7-17/h2-5,12,14,16-17H,6-11,13H2,1H3. The van der Waals surface area contributed by atoms with Crippen LogP contribution in [0.2, 0.25) is 0 Å². The number of piperidine rings is 1. The topological polar surface area (TPSA) is 63.9 Å². The molecule has 0 bridgehead atoms. The smallest absolute Gasteiger partial charge is 0.253 e. The van der Waals surface area contributed by atoms with E-state index in [1.54, 1.807) is 17.0 Å². The molecule has 1 saturated carbocycles. The average Bonchev–Trinajstić information content (AvgIpc) is 3.56. The molecular weight excluding hydrogens is 350 g/mol. The normalized spacial score (nSPS) is 18.0. The molecule has 0 spiro atoms. The van der Waals surface area contributed by atoms with Gasteiger partial charge in [0.25, 0.3) is 5.56 Å². The molecular formula is C22H25N5O. The number of aryl methyl sites for hydroxylation is 1. The molecule has 144 valence electrons. The van der Waals surface area contributed by atoms with E-state index in [0.29, 0.717) is 11.8 Å². The van der Waals surface area contributed by atoms with Gasteiger partial charge >= 0.3 is 0 Å². The van der Waals surface area contributed by atoms with Gasteiger partial charge in [-0.05, 0) is 38.5 Å². The van der Waals surface area contributed by atoms with E-state index in [1.807, 2.05) is 13.0 Å². The first kappa shape index (κ1) is 17.3. The first-order valence-corrected chi connectivity index (χ1v) is 10.2. The van der Waals surface area contributed by atoms with Gasteiger partial charge in [-0.2, -0.15) is 5.10 Å². The van der Waals surface area contributed by atoms with E-state index in [9.17, 15) is 4.79 Å². The third kappa shape index (κ3) is 3.28. The summed E-state index contributed by atoms with van der Waals surface area (Å²) in [6, 6.07) is 10.1. The molecule has 6 heteroatoms. The molecule has 2 aromatic heterocycles. The molecule has 0 radical (unpaired) electrons. The zero-order chi connectivity index (χ0) is 19.1. The zero-order valence-corrected chi connectivity index (χ0v) is 16.2. The highest BCUT2D eigenvalue weighted by molar-refractivity contribution is 5.93. The molecule has 28 heavy (non-hydrogen) atoms. The highest BCUT2D eigenvalue weighted by Crippen LogP contribution is 2.38. The van der Waals surface area contributed by atoms with Gasteiger partial charge in [0, 0.05) is 42.4 Å². The Bertz CT molecular complexity index is 1060. The van der Waals surface area contributed by atoms with Crippen molar-refractivity contribution in [1.82, 2.24) is 19.7 Å². The molecule has 2 aliphatic rings. The van der Waals surface area contributed by atoms with E-state index >= 15 is 0 Å². The maximum atomic E-state index is 12.4. The first-order chi connectivity index (χ1) is 13.7. The number of aromatic nitrogens is 4. The van der Waals surface area contributed by atoms with Crippen molar-refractivity contribution in [2.75, 3.05) is 18.0 Å². The predicted octanol–water partition coefficient (Wildman–Crippen LogP) is 3.29. The van der Waals surface area contributed by atoms with Crippen molar-refractivity contribution in [2.45, 2.75) is 45.1 Å². The van der Waals surface area contributed by atoms with Gasteiger partial charge in [0.1, 0.15) is 0 Å². The first-order valence-electron chi connectivity index (χ1n) is 10.2. The Labute approximate surface area is 164 Å². The van der Waals surface area contributed by atoms with Gasteiger partial charge in [-0.15, -0.1) is 5.10 Å². The quantitative estimate of drug-likeness (QED) is 0.700. The second-order valence-electron chi connectivity index (χ2n) is 8.16. The van der Waals surface area contributed by atoms with E-state index < -0.39 is 0 Å². The predicted molar refractivity (Wildman–Crippen MR) is 110 cm³/mol. The van der Waals surface area contributed by atoms with Crippen LogP contribution < -0.4 is 10.5 Å². The maximum absolute atomic E-state index is 12.4. The molecule has 0 unspecified atom stereocenters. The minimum Gasteiger partial charge on any atom is -0.355 e. The minimum absolute atomic E-state index is 0.0923. The van der Waals surface area contributed by atoms with E-state index in [1.165, 1.54) is 23.6 Å². The molecule has 3 aromatic rings. The van der Waals surface area contributed by atoms with Crippen LogP contribution in [0.4, 0.5) is 5.82 Å². The maximum Gasteiger partial charge on any atom is 0.253 e. The molecule has 1 aliphatic heterocycles. The summed E-state index contributed by atoms with van der Waals surface area (Å²) in [5.41, 5.74) is 2.03. The largest absolute Gasteiger partial charge is 0.355 e. The summed E-state index contributed by atoms with van der Waals surface area (Å²) in [7, 11) is 0. The molecule has 0 amide bonds. The highest BCUT2D eigenvalue weighted by Gasteiger charge is 2.26. The van der Waals surface area contributed by atoms with Gasteiger partial charge in [-0.1, -0.05) is 24.3 Å². The Morgan fingerprint density at radius 2 is 1.79 bits per heavy atom. The van der Waals surface area contributed by atoms with Crippen molar-refractivity contribution in [3.05, 3.63) is 58.4 Å². The second kappa shape index (κ2) is 7.00. The Balaban J connectivity index is 1.28. The van der Waals surface area contributed by atoms with Crippen LogP contribution in [-0.2, 0) is 6.54 Å². The molecule has 1 aliphatic carbocycles. The summed E-state index contributed by atoms with van der Waals surface area (Å²) < 4.78 is 1.79. The summed E-state index contributed by atoms with van der Waals surface area (Å²) in [5, 5.41) is 11.2. The van der Waals surface area contributed by atoms with Crippen molar-refractivity contribution in [3.8, 4) is 0 Å². The van der Waals surface area contributed by atoms with Gasteiger partial charge in [-0.25, -0.2) is 4.98 Å². The lowest BCUT2D eigenvalue weighted by molar-refractivity contribution is 0.350. The Hall–Kier alpha value is -2.76. The van der Waals surface area contributed by atoms with Crippen LogP contribution in [0.1, 0.15) is 43.0 Å². The number of hydrogen-bond acceptors (Lipinski definition) is 5. The number of rotatable bonds is 4. The Morgan fingerprint density at radius 3 is 2.50 bits per heavy atom. The number of benzene rings is 1. The van der Waals surface area contributed by atoms with Crippen LogP contribution in [0.5, 0.6) is 0 Å². The number of anilines is 1. The van der Waals surface area contributed by atoms with E-state index in [2.05, 4.69) is 38.3 Å². The van der Waals surface area contributed by atoms with Crippen molar-refractivity contribution in [3.63, 3.8) is 0 Å².